The minimum Gasteiger partial charge on any atom is -0.368 e. The van der Waals surface area contributed by atoms with Gasteiger partial charge < -0.3 is 20.4 Å². The van der Waals surface area contributed by atoms with Crippen molar-refractivity contribution in [1.29, 1.82) is 5.26 Å². The standard InChI is InChI=1S/C28H37N5O2/c29-20-22-18-23-8-2-3-9-25(23)26(19-22)28(35)33(21-27(30)34)15-7-6-12-31-16-10-24(11-17-31)32-13-4-1-5-14-32/h2-3,8-9,18-19,24H,1,4-7,10-17,21H2,(H2,30,34). The topological polar surface area (TPSA) is 93.7 Å². The number of carbonyl (C=O) groups is 2. The zero-order valence-electron chi connectivity index (χ0n) is 20.6. The number of primary amides is 1. The molecule has 2 N–H and O–H groups in total. The summed E-state index contributed by atoms with van der Waals surface area (Å²) in [5.41, 5.74) is 6.35. The van der Waals surface area contributed by atoms with Crippen LogP contribution >= 0.6 is 0 Å². The van der Waals surface area contributed by atoms with Gasteiger partial charge >= 0.3 is 0 Å². The van der Waals surface area contributed by atoms with E-state index in [-0.39, 0.29) is 12.5 Å². The predicted molar refractivity (Wildman–Crippen MR) is 138 cm³/mol. The maximum atomic E-state index is 13.4. The fraction of sp³-hybridized carbons (Fsp3) is 0.536. The second-order valence-electron chi connectivity index (χ2n) is 9.93. The lowest BCUT2D eigenvalue weighted by Gasteiger charge is -2.40. The number of hydrogen-bond donors (Lipinski definition) is 1. The highest BCUT2D eigenvalue weighted by atomic mass is 16.2. The molecule has 2 aromatic rings. The molecule has 0 radical (unpaired) electrons. The Kier molecular flexibility index (Phi) is 8.73. The van der Waals surface area contributed by atoms with Crippen molar-refractivity contribution in [3.63, 3.8) is 0 Å². The van der Waals surface area contributed by atoms with Gasteiger partial charge in [0.15, 0.2) is 0 Å². The molecular weight excluding hydrogens is 438 g/mol. The zero-order valence-corrected chi connectivity index (χ0v) is 20.6. The summed E-state index contributed by atoms with van der Waals surface area (Å²) in [7, 11) is 0. The molecule has 2 fully saturated rings. The molecule has 0 aliphatic carbocycles. The minimum absolute atomic E-state index is 0.120. The quantitative estimate of drug-likeness (QED) is 0.561. The first kappa shape index (κ1) is 25.2. The fourth-order valence-electron chi connectivity index (χ4n) is 5.59. The molecule has 7 heteroatoms. The van der Waals surface area contributed by atoms with Crippen LogP contribution in [0.5, 0.6) is 0 Å². The molecule has 4 rings (SSSR count). The van der Waals surface area contributed by atoms with E-state index in [9.17, 15) is 14.9 Å². The summed E-state index contributed by atoms with van der Waals surface area (Å²) in [6.45, 7) is 6.17. The number of hydrogen-bond acceptors (Lipinski definition) is 5. The van der Waals surface area contributed by atoms with Gasteiger partial charge in [-0.15, -0.1) is 0 Å². The summed E-state index contributed by atoms with van der Waals surface area (Å²) in [6.07, 6.45) is 8.33. The molecule has 0 saturated carbocycles. The molecule has 2 heterocycles. The number of likely N-dealkylation sites (tertiary alicyclic amines) is 2. The van der Waals surface area contributed by atoms with E-state index in [1.54, 1.807) is 12.1 Å². The number of nitrogens with zero attached hydrogens (tertiary/aromatic N) is 4. The maximum Gasteiger partial charge on any atom is 0.254 e. The van der Waals surface area contributed by atoms with Gasteiger partial charge in [-0.2, -0.15) is 5.26 Å². The molecule has 2 amide bonds. The molecule has 7 nitrogen and oxygen atoms in total. The highest BCUT2D eigenvalue weighted by Gasteiger charge is 2.25. The number of unbranched alkanes of at least 4 members (excludes halogenated alkanes) is 1. The second kappa shape index (κ2) is 12.1. The Bertz CT molecular complexity index is 1060. The van der Waals surface area contributed by atoms with Crippen molar-refractivity contribution in [2.75, 3.05) is 45.8 Å². The third kappa shape index (κ3) is 6.59. The first-order valence-corrected chi connectivity index (χ1v) is 13.0. The van der Waals surface area contributed by atoms with Crippen LogP contribution in [0.25, 0.3) is 10.8 Å². The molecule has 2 aromatic carbocycles. The first-order valence-electron chi connectivity index (χ1n) is 13.0. The molecule has 186 valence electrons. The van der Waals surface area contributed by atoms with Gasteiger partial charge in [0.05, 0.1) is 18.2 Å². The minimum atomic E-state index is -0.529. The van der Waals surface area contributed by atoms with E-state index in [0.717, 1.165) is 49.3 Å². The number of amides is 2. The molecule has 0 bridgehead atoms. The lowest BCUT2D eigenvalue weighted by molar-refractivity contribution is -0.118. The Balaban J connectivity index is 1.31. The summed E-state index contributed by atoms with van der Waals surface area (Å²) >= 11 is 0. The molecule has 35 heavy (non-hydrogen) atoms. The van der Waals surface area contributed by atoms with Gasteiger partial charge in [-0.3, -0.25) is 9.59 Å². The van der Waals surface area contributed by atoms with Crippen molar-refractivity contribution >= 4 is 22.6 Å². The molecule has 0 aromatic heterocycles. The second-order valence-corrected chi connectivity index (χ2v) is 9.93. The predicted octanol–water partition coefficient (Wildman–Crippen LogP) is 3.37. The van der Waals surface area contributed by atoms with E-state index in [1.165, 1.54) is 50.1 Å². The normalized spacial score (nSPS) is 17.8. The van der Waals surface area contributed by atoms with Gasteiger partial charge in [-0.05, 0) is 94.2 Å². The molecule has 0 atom stereocenters. The van der Waals surface area contributed by atoms with Crippen molar-refractivity contribution in [2.45, 2.75) is 51.0 Å². The van der Waals surface area contributed by atoms with Crippen LogP contribution in [0.2, 0.25) is 0 Å². The van der Waals surface area contributed by atoms with Gasteiger partial charge in [-0.25, -0.2) is 0 Å². The largest absolute Gasteiger partial charge is 0.368 e. The average molecular weight is 476 g/mol. The summed E-state index contributed by atoms with van der Waals surface area (Å²) in [6, 6.07) is 13.8. The van der Waals surface area contributed by atoms with Crippen molar-refractivity contribution in [3.8, 4) is 6.07 Å². The lowest BCUT2D eigenvalue weighted by Crippen LogP contribution is -2.46. The fourth-order valence-corrected chi connectivity index (χ4v) is 5.59. The summed E-state index contributed by atoms with van der Waals surface area (Å²) < 4.78 is 0. The SMILES string of the molecule is N#Cc1cc(C(=O)N(CCCCN2CCC(N3CCCCC3)CC2)CC(N)=O)c2ccccc2c1. The van der Waals surface area contributed by atoms with Crippen LogP contribution in [0.4, 0.5) is 0 Å². The van der Waals surface area contributed by atoms with Crippen LogP contribution in [-0.4, -0.2) is 78.4 Å². The van der Waals surface area contributed by atoms with Crippen molar-refractivity contribution < 1.29 is 9.59 Å². The third-order valence-electron chi connectivity index (χ3n) is 7.47. The zero-order chi connectivity index (χ0) is 24.6. The Morgan fingerprint density at radius 1 is 1.03 bits per heavy atom. The van der Waals surface area contributed by atoms with Gasteiger partial charge in [0.2, 0.25) is 5.91 Å². The smallest absolute Gasteiger partial charge is 0.254 e. The van der Waals surface area contributed by atoms with Gasteiger partial charge in [0, 0.05) is 18.2 Å². The number of nitrogens with two attached hydrogens (primary N) is 1. The van der Waals surface area contributed by atoms with E-state index in [2.05, 4.69) is 15.9 Å². The molecular formula is C28H37N5O2. The Labute approximate surface area is 208 Å². The number of piperidine rings is 2. The van der Waals surface area contributed by atoms with E-state index < -0.39 is 5.91 Å². The van der Waals surface area contributed by atoms with Crippen LogP contribution in [-0.2, 0) is 4.79 Å². The summed E-state index contributed by atoms with van der Waals surface area (Å²) in [4.78, 5) is 31.9. The molecule has 0 unspecified atom stereocenters. The highest BCUT2D eigenvalue weighted by Crippen LogP contribution is 2.23. The Morgan fingerprint density at radius 3 is 2.49 bits per heavy atom. The first-order chi connectivity index (χ1) is 17.0. The number of benzene rings is 2. The van der Waals surface area contributed by atoms with E-state index in [1.807, 2.05) is 24.3 Å². The van der Waals surface area contributed by atoms with E-state index in [4.69, 9.17) is 5.73 Å². The number of nitriles is 1. The molecule has 2 aliphatic heterocycles. The molecule has 2 saturated heterocycles. The van der Waals surface area contributed by atoms with Crippen molar-refractivity contribution in [1.82, 2.24) is 14.7 Å². The van der Waals surface area contributed by atoms with Gasteiger partial charge in [0.1, 0.15) is 0 Å². The van der Waals surface area contributed by atoms with Crippen LogP contribution < -0.4 is 5.73 Å². The van der Waals surface area contributed by atoms with Crippen molar-refractivity contribution in [2.24, 2.45) is 5.73 Å². The van der Waals surface area contributed by atoms with Crippen LogP contribution in [0.1, 0.15) is 60.9 Å². The number of rotatable bonds is 9. The molecule has 0 spiro atoms. The number of carbonyl (C=O) groups excluding carboxylic acids is 2. The van der Waals surface area contributed by atoms with Crippen LogP contribution in [0.3, 0.4) is 0 Å². The average Bonchev–Trinajstić information content (AvgIpc) is 2.90. The summed E-state index contributed by atoms with van der Waals surface area (Å²) in [5.74, 6) is -0.779. The molecule has 2 aliphatic rings. The number of fused-ring (bicyclic) bond motifs is 1. The van der Waals surface area contributed by atoms with Crippen molar-refractivity contribution in [3.05, 3.63) is 47.5 Å². The van der Waals surface area contributed by atoms with Gasteiger partial charge in [0.25, 0.3) is 5.91 Å². The van der Waals surface area contributed by atoms with Crippen LogP contribution in [0.15, 0.2) is 36.4 Å². The van der Waals surface area contributed by atoms with Crippen LogP contribution in [0, 0.1) is 11.3 Å². The monoisotopic (exact) mass is 475 g/mol. The van der Waals surface area contributed by atoms with Gasteiger partial charge in [-0.1, -0.05) is 30.7 Å². The van der Waals surface area contributed by atoms with E-state index >= 15 is 0 Å². The maximum absolute atomic E-state index is 13.4. The highest BCUT2D eigenvalue weighted by molar-refractivity contribution is 6.08. The Hall–Kier alpha value is -2.95. The Morgan fingerprint density at radius 2 is 1.77 bits per heavy atom. The van der Waals surface area contributed by atoms with E-state index in [0.29, 0.717) is 17.7 Å². The summed E-state index contributed by atoms with van der Waals surface area (Å²) in [5, 5.41) is 11.0. The third-order valence-corrected chi connectivity index (χ3v) is 7.47. The lowest BCUT2D eigenvalue weighted by atomic mass is 9.99.